The molecule has 1 amide bonds. The molecule has 1 fully saturated rings. The number of morpholine rings is 1. The number of pyridine rings is 1. The number of fused-ring (bicyclic) bond motifs is 1. The summed E-state index contributed by atoms with van der Waals surface area (Å²) in [5.41, 5.74) is 3.87. The minimum atomic E-state index is -0.338. The first kappa shape index (κ1) is 21.2. The zero-order chi connectivity index (χ0) is 22.8. The SMILES string of the molecule is COc1cccc(Cc2cccc([C@H]3CN(C(=O)c4cc5ccc(F)cc5[nH]4)CCO3)n2)c1. The highest BCUT2D eigenvalue weighted by molar-refractivity contribution is 5.98. The van der Waals surface area contributed by atoms with Gasteiger partial charge in [0, 0.05) is 29.6 Å². The van der Waals surface area contributed by atoms with E-state index in [1.165, 1.54) is 12.1 Å². The highest BCUT2D eigenvalue weighted by Gasteiger charge is 2.28. The average molecular weight is 445 g/mol. The summed E-state index contributed by atoms with van der Waals surface area (Å²) in [7, 11) is 1.65. The van der Waals surface area contributed by atoms with E-state index in [1.54, 1.807) is 24.1 Å². The molecule has 1 atom stereocenters. The lowest BCUT2D eigenvalue weighted by Gasteiger charge is -2.32. The second-order valence-electron chi connectivity index (χ2n) is 8.11. The zero-order valence-corrected chi connectivity index (χ0v) is 18.3. The fourth-order valence-corrected chi connectivity index (χ4v) is 4.16. The van der Waals surface area contributed by atoms with Crippen molar-refractivity contribution >= 4 is 16.8 Å². The van der Waals surface area contributed by atoms with Gasteiger partial charge in [-0.15, -0.1) is 0 Å². The number of nitrogens with zero attached hydrogens (tertiary/aromatic N) is 2. The normalized spacial score (nSPS) is 16.2. The lowest BCUT2D eigenvalue weighted by Crippen LogP contribution is -2.42. The van der Waals surface area contributed by atoms with Crippen LogP contribution in [0.3, 0.4) is 0 Å². The van der Waals surface area contributed by atoms with Crippen LogP contribution in [-0.2, 0) is 11.2 Å². The van der Waals surface area contributed by atoms with Gasteiger partial charge in [-0.2, -0.15) is 0 Å². The number of ether oxygens (including phenoxy) is 2. The van der Waals surface area contributed by atoms with E-state index in [9.17, 15) is 9.18 Å². The molecule has 3 heterocycles. The molecule has 2 aromatic heterocycles. The number of carbonyl (C=O) groups excluding carboxylic acids is 1. The number of aromatic amines is 1. The van der Waals surface area contributed by atoms with Crippen molar-refractivity contribution in [3.63, 3.8) is 0 Å². The number of amides is 1. The third-order valence-electron chi connectivity index (χ3n) is 5.85. The van der Waals surface area contributed by atoms with Crippen LogP contribution in [0.2, 0.25) is 0 Å². The fourth-order valence-electron chi connectivity index (χ4n) is 4.16. The minimum Gasteiger partial charge on any atom is -0.497 e. The van der Waals surface area contributed by atoms with Crippen molar-refractivity contribution in [2.75, 3.05) is 26.8 Å². The van der Waals surface area contributed by atoms with Gasteiger partial charge in [0.1, 0.15) is 23.4 Å². The number of carbonyl (C=O) groups is 1. The molecule has 1 saturated heterocycles. The third kappa shape index (κ3) is 4.59. The molecule has 7 heteroatoms. The summed E-state index contributed by atoms with van der Waals surface area (Å²) in [5.74, 6) is 0.343. The Hall–Kier alpha value is -3.71. The van der Waals surface area contributed by atoms with E-state index >= 15 is 0 Å². The highest BCUT2D eigenvalue weighted by Crippen LogP contribution is 2.24. The number of benzene rings is 2. The first-order valence-electron chi connectivity index (χ1n) is 10.9. The molecular formula is C26H24FN3O3. The van der Waals surface area contributed by atoms with E-state index in [4.69, 9.17) is 14.5 Å². The van der Waals surface area contributed by atoms with Crippen molar-refractivity contribution in [3.05, 3.63) is 95.2 Å². The minimum absolute atomic E-state index is 0.132. The highest BCUT2D eigenvalue weighted by atomic mass is 19.1. The van der Waals surface area contributed by atoms with Crippen LogP contribution >= 0.6 is 0 Å². The average Bonchev–Trinajstić information content (AvgIpc) is 3.27. The first-order chi connectivity index (χ1) is 16.1. The molecule has 6 nitrogen and oxygen atoms in total. The van der Waals surface area contributed by atoms with Gasteiger partial charge in [0.05, 0.1) is 26.0 Å². The molecule has 0 radical (unpaired) electrons. The van der Waals surface area contributed by atoms with Crippen LogP contribution in [-0.4, -0.2) is 47.6 Å². The summed E-state index contributed by atoms with van der Waals surface area (Å²) < 4.78 is 24.8. The molecule has 0 bridgehead atoms. The number of hydrogen-bond donors (Lipinski definition) is 1. The number of nitrogens with one attached hydrogen (secondary N) is 1. The molecular weight excluding hydrogens is 421 g/mol. The number of aromatic nitrogens is 2. The molecule has 0 unspecified atom stereocenters. The van der Waals surface area contributed by atoms with E-state index in [0.717, 1.165) is 28.1 Å². The van der Waals surface area contributed by atoms with Crippen LogP contribution in [0.5, 0.6) is 5.75 Å². The third-order valence-corrected chi connectivity index (χ3v) is 5.85. The molecule has 0 spiro atoms. The maximum Gasteiger partial charge on any atom is 0.270 e. The Morgan fingerprint density at radius 3 is 2.94 bits per heavy atom. The van der Waals surface area contributed by atoms with E-state index in [2.05, 4.69) is 4.98 Å². The van der Waals surface area contributed by atoms with Gasteiger partial charge in [0.25, 0.3) is 5.91 Å². The molecule has 33 heavy (non-hydrogen) atoms. The van der Waals surface area contributed by atoms with E-state index in [1.807, 2.05) is 42.5 Å². The van der Waals surface area contributed by atoms with Gasteiger partial charge < -0.3 is 19.4 Å². The van der Waals surface area contributed by atoms with Crippen LogP contribution in [0.25, 0.3) is 10.9 Å². The van der Waals surface area contributed by atoms with Gasteiger partial charge in [-0.05, 0) is 54.1 Å². The standard InChI is InChI=1S/C26H24FN3O3/c1-32-21-6-2-4-17(13-21)12-20-5-3-7-22(28-20)25-16-30(10-11-33-25)26(31)24-14-18-8-9-19(27)15-23(18)29-24/h2-9,13-15,25,29H,10-12,16H2,1H3/t25-/m1/s1. The summed E-state index contributed by atoms with van der Waals surface area (Å²) in [4.78, 5) is 22.7. The summed E-state index contributed by atoms with van der Waals surface area (Å²) >= 11 is 0. The molecule has 5 rings (SSSR count). The van der Waals surface area contributed by atoms with E-state index in [0.29, 0.717) is 37.3 Å². The van der Waals surface area contributed by atoms with Crippen molar-refractivity contribution in [1.29, 1.82) is 0 Å². The lowest BCUT2D eigenvalue weighted by atomic mass is 10.1. The van der Waals surface area contributed by atoms with Crippen molar-refractivity contribution in [1.82, 2.24) is 14.9 Å². The maximum atomic E-state index is 13.5. The summed E-state index contributed by atoms with van der Waals surface area (Å²) in [5, 5.41) is 0.802. The lowest BCUT2D eigenvalue weighted by molar-refractivity contribution is -0.0249. The van der Waals surface area contributed by atoms with Crippen LogP contribution in [0, 0.1) is 5.82 Å². The summed E-state index contributed by atoms with van der Waals surface area (Å²) in [6, 6.07) is 20.0. The Balaban J connectivity index is 1.31. The molecule has 1 aliphatic rings. The van der Waals surface area contributed by atoms with E-state index < -0.39 is 0 Å². The quantitative estimate of drug-likeness (QED) is 0.491. The van der Waals surface area contributed by atoms with Crippen LogP contribution < -0.4 is 4.74 Å². The van der Waals surface area contributed by atoms with Gasteiger partial charge in [-0.1, -0.05) is 18.2 Å². The number of rotatable bonds is 5. The first-order valence-corrected chi connectivity index (χ1v) is 10.9. The molecule has 0 aliphatic carbocycles. The Labute approximate surface area is 191 Å². The molecule has 1 N–H and O–H groups in total. The Bertz CT molecular complexity index is 1300. The molecule has 1 aliphatic heterocycles. The van der Waals surface area contributed by atoms with Crippen molar-refractivity contribution < 1.29 is 18.7 Å². The molecule has 2 aromatic carbocycles. The Morgan fingerprint density at radius 1 is 1.18 bits per heavy atom. The number of methoxy groups -OCH3 is 1. The molecule has 0 saturated carbocycles. The van der Waals surface area contributed by atoms with Crippen LogP contribution in [0.1, 0.15) is 33.5 Å². The Kier molecular flexibility index (Phi) is 5.79. The van der Waals surface area contributed by atoms with Crippen molar-refractivity contribution in [2.45, 2.75) is 12.5 Å². The second kappa shape index (κ2) is 9.03. The number of halogens is 1. The van der Waals surface area contributed by atoms with Gasteiger partial charge >= 0.3 is 0 Å². The van der Waals surface area contributed by atoms with Crippen molar-refractivity contribution in [3.8, 4) is 5.75 Å². The maximum absolute atomic E-state index is 13.5. The van der Waals surface area contributed by atoms with Crippen LogP contribution in [0.15, 0.2) is 66.7 Å². The summed E-state index contributed by atoms with van der Waals surface area (Å²) in [6.45, 7) is 1.31. The summed E-state index contributed by atoms with van der Waals surface area (Å²) in [6.07, 6.45) is 0.362. The second-order valence-corrected chi connectivity index (χ2v) is 8.11. The van der Waals surface area contributed by atoms with E-state index in [-0.39, 0.29) is 17.8 Å². The number of H-pyrrole nitrogens is 1. The predicted molar refractivity (Wildman–Crippen MR) is 123 cm³/mol. The van der Waals surface area contributed by atoms with Gasteiger partial charge in [-0.25, -0.2) is 4.39 Å². The largest absolute Gasteiger partial charge is 0.497 e. The predicted octanol–water partition coefficient (Wildman–Crippen LogP) is 4.52. The van der Waals surface area contributed by atoms with Gasteiger partial charge in [0.2, 0.25) is 0 Å². The molecule has 4 aromatic rings. The van der Waals surface area contributed by atoms with Gasteiger partial charge in [-0.3, -0.25) is 9.78 Å². The molecule has 168 valence electrons. The fraction of sp³-hybridized carbons (Fsp3) is 0.231. The van der Waals surface area contributed by atoms with Gasteiger partial charge in [0.15, 0.2) is 0 Å². The monoisotopic (exact) mass is 445 g/mol. The number of hydrogen-bond acceptors (Lipinski definition) is 4. The topological polar surface area (TPSA) is 67.5 Å². The zero-order valence-electron chi connectivity index (χ0n) is 18.3. The van der Waals surface area contributed by atoms with Crippen LogP contribution in [0.4, 0.5) is 4.39 Å². The van der Waals surface area contributed by atoms with Crippen molar-refractivity contribution in [2.24, 2.45) is 0 Å². The smallest absolute Gasteiger partial charge is 0.270 e. The Morgan fingerprint density at radius 2 is 2.06 bits per heavy atom.